The number of carbonyl (C=O) groups is 1. The van der Waals surface area contributed by atoms with E-state index in [2.05, 4.69) is 10.5 Å². The first-order chi connectivity index (χ1) is 15.6. The Morgan fingerprint density at radius 1 is 1.12 bits per heavy atom. The molecular formula is C25H26N2O5. The van der Waals surface area contributed by atoms with Crippen LogP contribution in [0.5, 0.6) is 17.2 Å². The van der Waals surface area contributed by atoms with Crippen molar-refractivity contribution in [2.45, 2.75) is 39.3 Å². The normalized spacial score (nSPS) is 15.8. The third kappa shape index (κ3) is 4.28. The van der Waals surface area contributed by atoms with Gasteiger partial charge in [0.25, 0.3) is 5.91 Å². The van der Waals surface area contributed by atoms with Gasteiger partial charge in [0.1, 0.15) is 31.3 Å². The largest absolute Gasteiger partial charge is 0.489 e. The van der Waals surface area contributed by atoms with E-state index in [9.17, 15) is 4.79 Å². The minimum atomic E-state index is -0.125. The molecule has 2 heterocycles. The first kappa shape index (κ1) is 20.4. The second-order valence-corrected chi connectivity index (χ2v) is 8.31. The lowest BCUT2D eigenvalue weighted by atomic mass is 10.0. The number of nitrogens with one attached hydrogen (secondary N) is 1. The molecule has 32 heavy (non-hydrogen) atoms. The van der Waals surface area contributed by atoms with E-state index in [-0.39, 0.29) is 11.9 Å². The third-order valence-corrected chi connectivity index (χ3v) is 5.97. The van der Waals surface area contributed by atoms with E-state index in [1.54, 1.807) is 12.1 Å². The van der Waals surface area contributed by atoms with Gasteiger partial charge in [-0.3, -0.25) is 4.79 Å². The Labute approximate surface area is 186 Å². The van der Waals surface area contributed by atoms with Crippen molar-refractivity contribution in [3.05, 3.63) is 70.6 Å². The molecule has 1 aromatic heterocycles. The number of fused-ring (bicyclic) bond motifs is 1. The van der Waals surface area contributed by atoms with Crippen LogP contribution in [0, 0.1) is 19.8 Å². The molecule has 0 saturated heterocycles. The lowest BCUT2D eigenvalue weighted by Crippen LogP contribution is -2.30. The van der Waals surface area contributed by atoms with Crippen LogP contribution in [0.4, 0.5) is 0 Å². The molecule has 1 fully saturated rings. The number of ether oxygens (including phenoxy) is 3. The smallest absolute Gasteiger partial charge is 0.251 e. The zero-order chi connectivity index (χ0) is 22.1. The molecule has 2 aromatic carbocycles. The van der Waals surface area contributed by atoms with Gasteiger partial charge in [-0.2, -0.15) is 0 Å². The first-order valence-corrected chi connectivity index (χ1v) is 10.9. The summed E-state index contributed by atoms with van der Waals surface area (Å²) in [7, 11) is 0. The molecule has 1 saturated carbocycles. The zero-order valence-corrected chi connectivity index (χ0v) is 18.2. The van der Waals surface area contributed by atoms with E-state index in [1.165, 1.54) is 0 Å². The van der Waals surface area contributed by atoms with Gasteiger partial charge in [-0.05, 0) is 68.5 Å². The molecule has 2 aliphatic rings. The minimum absolute atomic E-state index is 0.0646. The summed E-state index contributed by atoms with van der Waals surface area (Å²) >= 11 is 0. The average Bonchev–Trinajstić information content (AvgIpc) is 3.61. The minimum Gasteiger partial charge on any atom is -0.489 e. The van der Waals surface area contributed by atoms with Gasteiger partial charge in [0.2, 0.25) is 0 Å². The molecule has 3 aromatic rings. The number of aryl methyl sites for hydroxylation is 2. The summed E-state index contributed by atoms with van der Waals surface area (Å²) in [6, 6.07) is 13.1. The highest BCUT2D eigenvalue weighted by Crippen LogP contribution is 2.43. The summed E-state index contributed by atoms with van der Waals surface area (Å²) in [6.07, 6.45) is 2.19. The zero-order valence-electron chi connectivity index (χ0n) is 18.2. The number of hydrogen-bond acceptors (Lipinski definition) is 6. The quantitative estimate of drug-likeness (QED) is 0.589. The second-order valence-electron chi connectivity index (χ2n) is 8.31. The fraction of sp³-hybridized carbons (Fsp3) is 0.360. The molecule has 7 heteroatoms. The predicted octanol–water partition coefficient (Wildman–Crippen LogP) is 4.52. The lowest BCUT2D eigenvalue weighted by Gasteiger charge is -2.23. The van der Waals surface area contributed by atoms with Crippen molar-refractivity contribution in [3.8, 4) is 17.2 Å². The SMILES string of the molecule is Cc1noc(C)c1COc1cccc(C(=O)NC(c2ccc3c(c2)OCCO3)C2CC2)c1. The summed E-state index contributed by atoms with van der Waals surface area (Å²) < 4.78 is 22.4. The van der Waals surface area contributed by atoms with Crippen LogP contribution in [0.15, 0.2) is 47.0 Å². The Morgan fingerprint density at radius 3 is 2.69 bits per heavy atom. The fourth-order valence-electron chi connectivity index (χ4n) is 3.97. The molecule has 7 nitrogen and oxygen atoms in total. The molecule has 0 bridgehead atoms. The highest BCUT2D eigenvalue weighted by molar-refractivity contribution is 5.94. The average molecular weight is 434 g/mol. The number of rotatable bonds is 7. The van der Waals surface area contributed by atoms with Crippen molar-refractivity contribution in [1.29, 1.82) is 0 Å². The molecule has 1 aliphatic heterocycles. The van der Waals surface area contributed by atoms with Crippen LogP contribution in [0.3, 0.4) is 0 Å². The van der Waals surface area contributed by atoms with E-state index < -0.39 is 0 Å². The van der Waals surface area contributed by atoms with Crippen molar-refractivity contribution >= 4 is 5.91 Å². The summed E-state index contributed by atoms with van der Waals surface area (Å²) in [5, 5.41) is 7.17. The third-order valence-electron chi connectivity index (χ3n) is 5.97. The highest BCUT2D eigenvalue weighted by Gasteiger charge is 2.34. The van der Waals surface area contributed by atoms with Gasteiger partial charge in [0.15, 0.2) is 11.5 Å². The number of nitrogens with zero attached hydrogens (tertiary/aromatic N) is 1. The predicted molar refractivity (Wildman–Crippen MR) is 117 cm³/mol. The Balaban J connectivity index is 1.30. The van der Waals surface area contributed by atoms with E-state index in [1.807, 2.05) is 44.2 Å². The van der Waals surface area contributed by atoms with E-state index in [4.69, 9.17) is 18.7 Å². The maximum absolute atomic E-state index is 13.1. The van der Waals surface area contributed by atoms with Gasteiger partial charge >= 0.3 is 0 Å². The van der Waals surface area contributed by atoms with Gasteiger partial charge in [0, 0.05) is 5.56 Å². The van der Waals surface area contributed by atoms with Crippen LogP contribution in [-0.4, -0.2) is 24.3 Å². The van der Waals surface area contributed by atoms with Gasteiger partial charge in [-0.1, -0.05) is 17.3 Å². The molecule has 1 unspecified atom stereocenters. The van der Waals surface area contributed by atoms with Crippen LogP contribution in [0.25, 0.3) is 0 Å². The monoisotopic (exact) mass is 434 g/mol. The second kappa shape index (κ2) is 8.57. The van der Waals surface area contributed by atoms with Gasteiger partial charge < -0.3 is 24.1 Å². The van der Waals surface area contributed by atoms with E-state index in [0.717, 1.165) is 46.9 Å². The van der Waals surface area contributed by atoms with Gasteiger partial charge in [-0.25, -0.2) is 0 Å². The maximum atomic E-state index is 13.1. The molecule has 0 radical (unpaired) electrons. The van der Waals surface area contributed by atoms with Crippen LogP contribution < -0.4 is 19.5 Å². The highest BCUT2D eigenvalue weighted by atomic mass is 16.6. The topological polar surface area (TPSA) is 82.8 Å². The summed E-state index contributed by atoms with van der Waals surface area (Å²) in [4.78, 5) is 13.1. The number of hydrogen-bond donors (Lipinski definition) is 1. The lowest BCUT2D eigenvalue weighted by molar-refractivity contribution is 0.0931. The molecule has 166 valence electrons. The maximum Gasteiger partial charge on any atom is 0.251 e. The molecular weight excluding hydrogens is 408 g/mol. The first-order valence-electron chi connectivity index (χ1n) is 10.9. The Bertz CT molecular complexity index is 1120. The van der Waals surface area contributed by atoms with Crippen LogP contribution in [0.1, 0.15) is 51.8 Å². The van der Waals surface area contributed by atoms with E-state index in [0.29, 0.717) is 37.1 Å². The van der Waals surface area contributed by atoms with Crippen LogP contribution in [0.2, 0.25) is 0 Å². The summed E-state index contributed by atoms with van der Waals surface area (Å²) in [5.41, 5.74) is 3.33. The fourth-order valence-corrected chi connectivity index (χ4v) is 3.97. The number of carbonyl (C=O) groups excluding carboxylic acids is 1. The Kier molecular flexibility index (Phi) is 5.47. The van der Waals surface area contributed by atoms with Crippen molar-refractivity contribution in [1.82, 2.24) is 10.5 Å². The van der Waals surface area contributed by atoms with Crippen molar-refractivity contribution < 1.29 is 23.5 Å². The molecule has 1 N–H and O–H groups in total. The molecule has 0 spiro atoms. The van der Waals surface area contributed by atoms with Crippen LogP contribution in [-0.2, 0) is 6.61 Å². The molecule has 1 aliphatic carbocycles. The van der Waals surface area contributed by atoms with Crippen molar-refractivity contribution in [3.63, 3.8) is 0 Å². The van der Waals surface area contributed by atoms with Crippen LogP contribution >= 0.6 is 0 Å². The number of aromatic nitrogens is 1. The standard InChI is InChI=1S/C25H26N2O5/c1-15-21(16(2)32-27-15)14-31-20-5-3-4-19(12-20)25(28)26-24(17-6-7-17)18-8-9-22-23(13-18)30-11-10-29-22/h3-5,8-9,12-13,17,24H,6-7,10-11,14H2,1-2H3,(H,26,28). The van der Waals surface area contributed by atoms with Gasteiger partial charge in [-0.15, -0.1) is 0 Å². The molecule has 1 amide bonds. The summed E-state index contributed by atoms with van der Waals surface area (Å²) in [6.45, 7) is 5.18. The van der Waals surface area contributed by atoms with E-state index >= 15 is 0 Å². The number of amides is 1. The summed E-state index contributed by atoms with van der Waals surface area (Å²) in [5.74, 6) is 3.16. The number of benzene rings is 2. The van der Waals surface area contributed by atoms with Crippen molar-refractivity contribution in [2.75, 3.05) is 13.2 Å². The molecule has 5 rings (SSSR count). The van der Waals surface area contributed by atoms with Gasteiger partial charge in [0.05, 0.1) is 17.3 Å². The Hall–Kier alpha value is -3.48. The van der Waals surface area contributed by atoms with Crippen molar-refractivity contribution in [2.24, 2.45) is 5.92 Å². The molecule has 1 atom stereocenters. The Morgan fingerprint density at radius 2 is 1.94 bits per heavy atom.